The summed E-state index contributed by atoms with van der Waals surface area (Å²) in [4.78, 5) is 12.5. The van der Waals surface area contributed by atoms with Crippen LogP contribution >= 0.6 is 15.9 Å². The molecule has 0 heterocycles. The maximum atomic E-state index is 12.5. The summed E-state index contributed by atoms with van der Waals surface area (Å²) in [5.74, 6) is -0.0731. The number of nitrogens with one attached hydrogen (secondary N) is 1. The lowest BCUT2D eigenvalue weighted by molar-refractivity contribution is -0.116. The van der Waals surface area contributed by atoms with E-state index in [1.54, 1.807) is 24.3 Å². The molecule has 0 bridgehead atoms. The molecule has 5 nitrogen and oxygen atoms in total. The minimum absolute atomic E-state index is 0.0731. The van der Waals surface area contributed by atoms with Crippen LogP contribution in [0.1, 0.15) is 31.4 Å². The van der Waals surface area contributed by atoms with Crippen LogP contribution in [0.3, 0.4) is 0 Å². The fraction of sp³-hybridized carbons (Fsp3) is 0.350. The van der Waals surface area contributed by atoms with E-state index in [0.29, 0.717) is 25.9 Å². The van der Waals surface area contributed by atoms with Crippen molar-refractivity contribution in [1.82, 2.24) is 4.31 Å². The number of hydrogen-bond donors (Lipinski definition) is 1. The van der Waals surface area contributed by atoms with E-state index < -0.39 is 10.0 Å². The summed E-state index contributed by atoms with van der Waals surface area (Å²) in [7, 11) is -3.45. The second-order valence-corrected chi connectivity index (χ2v) is 9.09. The van der Waals surface area contributed by atoms with Crippen molar-refractivity contribution in [3.05, 3.63) is 58.1 Å². The summed E-state index contributed by atoms with van der Waals surface area (Å²) in [6.07, 6.45) is 0.874. The van der Waals surface area contributed by atoms with Gasteiger partial charge < -0.3 is 5.32 Å². The highest BCUT2D eigenvalue weighted by Crippen LogP contribution is 2.21. The normalized spacial score (nSPS) is 11.6. The van der Waals surface area contributed by atoms with Crippen LogP contribution in [-0.4, -0.2) is 31.7 Å². The summed E-state index contributed by atoms with van der Waals surface area (Å²) in [6.45, 7) is 6.46. The minimum Gasteiger partial charge on any atom is -0.326 e. The Bertz CT molecular complexity index is 892. The number of benzene rings is 2. The molecule has 0 aliphatic heterocycles. The molecule has 0 saturated heterocycles. The Labute approximate surface area is 170 Å². The SMILES string of the molecule is CCN(CC)S(=O)(=O)c1ccc(CCC(=O)Nc2cc(Br)ccc2C)cc1. The molecule has 0 saturated carbocycles. The van der Waals surface area contributed by atoms with Gasteiger partial charge in [0.1, 0.15) is 0 Å². The average molecular weight is 453 g/mol. The van der Waals surface area contributed by atoms with Gasteiger partial charge in [-0.1, -0.05) is 48.0 Å². The molecule has 0 radical (unpaired) electrons. The summed E-state index contributed by atoms with van der Waals surface area (Å²) in [6, 6.07) is 12.5. The highest BCUT2D eigenvalue weighted by molar-refractivity contribution is 9.10. The van der Waals surface area contributed by atoms with Crippen molar-refractivity contribution in [3.63, 3.8) is 0 Å². The van der Waals surface area contributed by atoms with Gasteiger partial charge in [-0.3, -0.25) is 4.79 Å². The number of sulfonamides is 1. The van der Waals surface area contributed by atoms with E-state index >= 15 is 0 Å². The van der Waals surface area contributed by atoms with Gasteiger partial charge in [-0.2, -0.15) is 4.31 Å². The predicted molar refractivity (Wildman–Crippen MR) is 112 cm³/mol. The topological polar surface area (TPSA) is 66.5 Å². The standard InChI is InChI=1S/C20H25BrN2O3S/c1-4-23(5-2)27(25,26)18-11-7-16(8-12-18)9-13-20(24)22-19-14-17(21)10-6-15(19)3/h6-8,10-12,14H,4-5,9,13H2,1-3H3,(H,22,24). The molecular weight excluding hydrogens is 428 g/mol. The number of carbonyl (C=O) groups is 1. The first-order chi connectivity index (χ1) is 12.8. The number of amides is 1. The van der Waals surface area contributed by atoms with Crippen molar-refractivity contribution in [2.75, 3.05) is 18.4 Å². The smallest absolute Gasteiger partial charge is 0.243 e. The lowest BCUT2D eigenvalue weighted by Crippen LogP contribution is -2.30. The summed E-state index contributed by atoms with van der Waals surface area (Å²) in [5, 5.41) is 2.92. The number of hydrogen-bond acceptors (Lipinski definition) is 3. The zero-order valence-electron chi connectivity index (χ0n) is 15.8. The summed E-state index contributed by atoms with van der Waals surface area (Å²) in [5.41, 5.74) is 2.71. The van der Waals surface area contributed by atoms with Crippen LogP contribution in [0, 0.1) is 6.92 Å². The fourth-order valence-corrected chi connectivity index (χ4v) is 4.56. The van der Waals surface area contributed by atoms with E-state index in [4.69, 9.17) is 0 Å². The van der Waals surface area contributed by atoms with Crippen LogP contribution in [0.5, 0.6) is 0 Å². The quantitative estimate of drug-likeness (QED) is 0.646. The molecule has 0 spiro atoms. The van der Waals surface area contributed by atoms with Gasteiger partial charge in [-0.15, -0.1) is 0 Å². The van der Waals surface area contributed by atoms with E-state index in [-0.39, 0.29) is 10.8 Å². The van der Waals surface area contributed by atoms with Gasteiger partial charge >= 0.3 is 0 Å². The molecule has 2 aromatic rings. The Kier molecular flexibility index (Phi) is 7.59. The molecule has 0 atom stereocenters. The Morgan fingerprint density at radius 2 is 1.70 bits per heavy atom. The maximum absolute atomic E-state index is 12.5. The molecule has 0 fully saturated rings. The van der Waals surface area contributed by atoms with Crippen LogP contribution in [0.2, 0.25) is 0 Å². The third-order valence-electron chi connectivity index (χ3n) is 4.38. The first-order valence-electron chi connectivity index (χ1n) is 8.93. The largest absolute Gasteiger partial charge is 0.326 e. The Morgan fingerprint density at radius 3 is 2.30 bits per heavy atom. The lowest BCUT2D eigenvalue weighted by Gasteiger charge is -2.18. The zero-order chi connectivity index (χ0) is 20.0. The lowest BCUT2D eigenvalue weighted by atomic mass is 10.1. The van der Waals surface area contributed by atoms with Crippen molar-refractivity contribution in [3.8, 4) is 0 Å². The van der Waals surface area contributed by atoms with Crippen molar-refractivity contribution >= 4 is 37.5 Å². The van der Waals surface area contributed by atoms with Gasteiger partial charge in [-0.05, 0) is 48.7 Å². The van der Waals surface area contributed by atoms with E-state index in [2.05, 4.69) is 21.2 Å². The molecule has 0 aliphatic rings. The molecule has 0 unspecified atom stereocenters. The first kappa shape index (κ1) is 21.6. The zero-order valence-corrected chi connectivity index (χ0v) is 18.2. The van der Waals surface area contributed by atoms with E-state index in [1.807, 2.05) is 39.0 Å². The van der Waals surface area contributed by atoms with Crippen molar-refractivity contribution < 1.29 is 13.2 Å². The second-order valence-electron chi connectivity index (χ2n) is 6.24. The van der Waals surface area contributed by atoms with Gasteiger partial charge in [0.2, 0.25) is 15.9 Å². The predicted octanol–water partition coefficient (Wildman–Crippen LogP) is 4.36. The molecule has 1 N–H and O–H groups in total. The van der Waals surface area contributed by atoms with Crippen LogP contribution in [0.15, 0.2) is 51.8 Å². The molecule has 0 aliphatic carbocycles. The number of rotatable bonds is 8. The average Bonchev–Trinajstić information content (AvgIpc) is 2.64. The minimum atomic E-state index is -3.45. The van der Waals surface area contributed by atoms with Crippen molar-refractivity contribution in [1.29, 1.82) is 0 Å². The molecule has 2 rings (SSSR count). The fourth-order valence-electron chi connectivity index (χ4n) is 2.74. The summed E-state index contributed by atoms with van der Waals surface area (Å²) >= 11 is 3.40. The summed E-state index contributed by atoms with van der Waals surface area (Å²) < 4.78 is 27.3. The molecule has 146 valence electrons. The Morgan fingerprint density at radius 1 is 1.07 bits per heavy atom. The van der Waals surface area contributed by atoms with Gasteiger partial charge in [0.25, 0.3) is 0 Å². The third kappa shape index (κ3) is 5.64. The van der Waals surface area contributed by atoms with E-state index in [1.165, 1.54) is 4.31 Å². The molecule has 27 heavy (non-hydrogen) atoms. The molecule has 1 amide bonds. The molecular formula is C20H25BrN2O3S. The highest BCUT2D eigenvalue weighted by atomic mass is 79.9. The van der Waals surface area contributed by atoms with E-state index in [9.17, 15) is 13.2 Å². The first-order valence-corrected chi connectivity index (χ1v) is 11.2. The number of aryl methyl sites for hydroxylation is 2. The monoisotopic (exact) mass is 452 g/mol. The van der Waals surface area contributed by atoms with Crippen molar-refractivity contribution in [2.45, 2.75) is 38.5 Å². The van der Waals surface area contributed by atoms with E-state index in [0.717, 1.165) is 21.3 Å². The van der Waals surface area contributed by atoms with Gasteiger partial charge in [-0.25, -0.2) is 8.42 Å². The van der Waals surface area contributed by atoms with Gasteiger partial charge in [0.15, 0.2) is 0 Å². The number of nitrogens with zero attached hydrogens (tertiary/aromatic N) is 1. The third-order valence-corrected chi connectivity index (χ3v) is 6.94. The molecule has 7 heteroatoms. The number of anilines is 1. The van der Waals surface area contributed by atoms with Crippen molar-refractivity contribution in [2.24, 2.45) is 0 Å². The Balaban J connectivity index is 1.99. The van der Waals surface area contributed by atoms with Crippen LogP contribution in [0.25, 0.3) is 0 Å². The second kappa shape index (κ2) is 9.48. The van der Waals surface area contributed by atoms with Crippen LogP contribution in [0.4, 0.5) is 5.69 Å². The van der Waals surface area contributed by atoms with Crippen LogP contribution < -0.4 is 5.32 Å². The number of carbonyl (C=O) groups excluding carboxylic acids is 1. The van der Waals surface area contributed by atoms with Gasteiger partial charge in [0, 0.05) is 29.7 Å². The highest BCUT2D eigenvalue weighted by Gasteiger charge is 2.21. The maximum Gasteiger partial charge on any atom is 0.243 e. The van der Waals surface area contributed by atoms with Crippen LogP contribution in [-0.2, 0) is 21.2 Å². The Hall–Kier alpha value is -1.70. The van der Waals surface area contributed by atoms with Gasteiger partial charge in [0.05, 0.1) is 4.90 Å². The number of halogens is 1. The molecule has 2 aromatic carbocycles. The molecule has 0 aromatic heterocycles.